The zero-order valence-electron chi connectivity index (χ0n) is 19.8. The second kappa shape index (κ2) is 6.36. The van der Waals surface area contributed by atoms with Crippen molar-refractivity contribution in [1.29, 1.82) is 0 Å². The van der Waals surface area contributed by atoms with Crippen molar-refractivity contribution in [3.05, 3.63) is 107 Å². The first-order valence-electron chi connectivity index (χ1n) is 12.5. The summed E-state index contributed by atoms with van der Waals surface area (Å²) < 4.78 is 0. The Morgan fingerprint density at radius 1 is 0.395 bits per heavy atom. The fourth-order valence-corrected chi connectivity index (χ4v) is 6.99. The Morgan fingerprint density at radius 3 is 1.76 bits per heavy atom. The molecule has 7 aromatic rings. The third-order valence-corrected chi connectivity index (χ3v) is 8.49. The maximum atomic E-state index is 13.6. The van der Waals surface area contributed by atoms with E-state index in [0.717, 1.165) is 48.8 Å². The van der Waals surface area contributed by atoms with Gasteiger partial charge in [-0.2, -0.15) is 0 Å². The number of fused-ring (bicyclic) bond motifs is 6. The lowest BCUT2D eigenvalue weighted by Crippen LogP contribution is -2.11. The van der Waals surface area contributed by atoms with Crippen LogP contribution in [0.25, 0.3) is 65.3 Å². The van der Waals surface area contributed by atoms with Crippen LogP contribution in [0.15, 0.2) is 84.9 Å². The largest absolute Gasteiger partial charge is 0.507 e. The number of benzene rings is 7. The van der Waals surface area contributed by atoms with Gasteiger partial charge < -0.3 is 10.2 Å². The van der Waals surface area contributed by atoms with Crippen LogP contribution in [0.5, 0.6) is 11.5 Å². The fourth-order valence-electron chi connectivity index (χ4n) is 6.99. The molecule has 0 saturated heterocycles. The van der Waals surface area contributed by atoms with Crippen LogP contribution in [-0.4, -0.2) is 21.8 Å². The highest BCUT2D eigenvalue weighted by atomic mass is 16.3. The number of hydrogen-bond acceptors (Lipinski definition) is 4. The van der Waals surface area contributed by atoms with E-state index in [4.69, 9.17) is 0 Å². The number of ketones is 2. The van der Waals surface area contributed by atoms with Crippen LogP contribution in [-0.2, 0) is 0 Å². The molecule has 0 spiro atoms. The van der Waals surface area contributed by atoms with Gasteiger partial charge in [0, 0.05) is 38.6 Å². The van der Waals surface area contributed by atoms with Gasteiger partial charge in [0.15, 0.2) is 11.6 Å². The Kier molecular flexibility index (Phi) is 3.33. The van der Waals surface area contributed by atoms with Gasteiger partial charge >= 0.3 is 0 Å². The molecule has 176 valence electrons. The summed E-state index contributed by atoms with van der Waals surface area (Å²) in [5.41, 5.74) is 5.09. The van der Waals surface area contributed by atoms with Crippen LogP contribution in [0.3, 0.4) is 0 Å². The third-order valence-electron chi connectivity index (χ3n) is 8.49. The van der Waals surface area contributed by atoms with E-state index in [9.17, 15) is 19.8 Å². The molecule has 0 saturated carbocycles. The first-order valence-corrected chi connectivity index (χ1v) is 12.5. The van der Waals surface area contributed by atoms with Crippen molar-refractivity contribution in [2.75, 3.05) is 0 Å². The highest BCUT2D eigenvalue weighted by Crippen LogP contribution is 2.53. The molecule has 0 unspecified atom stereocenters. The van der Waals surface area contributed by atoms with E-state index in [1.165, 1.54) is 6.07 Å². The molecule has 0 heterocycles. The molecule has 0 radical (unpaired) electrons. The molecule has 2 aliphatic carbocycles. The van der Waals surface area contributed by atoms with Crippen LogP contribution in [0, 0.1) is 0 Å². The van der Waals surface area contributed by atoms with Gasteiger partial charge in [0.2, 0.25) is 0 Å². The van der Waals surface area contributed by atoms with Crippen LogP contribution in [0.2, 0.25) is 0 Å². The van der Waals surface area contributed by atoms with Crippen molar-refractivity contribution in [1.82, 2.24) is 0 Å². The highest BCUT2D eigenvalue weighted by molar-refractivity contribution is 6.42. The monoisotopic (exact) mass is 488 g/mol. The number of phenols is 2. The number of phenolic OH excluding ortho intramolecular Hbond substituents is 2. The van der Waals surface area contributed by atoms with E-state index in [-0.39, 0.29) is 28.6 Å². The Labute approximate surface area is 215 Å². The summed E-state index contributed by atoms with van der Waals surface area (Å²) in [4.78, 5) is 27.1. The molecule has 9 rings (SSSR count). The third kappa shape index (κ3) is 2.07. The molecular formula is C34H16O4. The predicted molar refractivity (Wildman–Crippen MR) is 149 cm³/mol. The van der Waals surface area contributed by atoms with Gasteiger partial charge in [-0.25, -0.2) is 0 Å². The Hall–Kier alpha value is -5.22. The first kappa shape index (κ1) is 19.9. The van der Waals surface area contributed by atoms with Gasteiger partial charge in [-0.05, 0) is 67.7 Å². The molecule has 0 atom stereocenters. The smallest absolute Gasteiger partial charge is 0.198 e. The molecule has 0 fully saturated rings. The van der Waals surface area contributed by atoms with Gasteiger partial charge in [-0.1, -0.05) is 60.7 Å². The van der Waals surface area contributed by atoms with Crippen LogP contribution in [0.1, 0.15) is 31.8 Å². The average Bonchev–Trinajstić information content (AvgIpc) is 2.94. The zero-order valence-corrected chi connectivity index (χ0v) is 19.8. The quantitative estimate of drug-likeness (QED) is 0.171. The number of hydrogen-bond donors (Lipinski definition) is 2. The topological polar surface area (TPSA) is 74.6 Å². The maximum absolute atomic E-state index is 13.6. The summed E-state index contributed by atoms with van der Waals surface area (Å²) >= 11 is 0. The van der Waals surface area contributed by atoms with E-state index in [1.807, 2.05) is 42.5 Å². The molecule has 0 aliphatic heterocycles. The number of aromatic hydroxyl groups is 2. The number of carbonyl (C=O) groups is 2. The Bertz CT molecular complexity index is 2290. The minimum Gasteiger partial charge on any atom is -0.507 e. The van der Waals surface area contributed by atoms with Crippen molar-refractivity contribution < 1.29 is 19.8 Å². The Morgan fingerprint density at radius 2 is 1.00 bits per heavy atom. The fraction of sp³-hybridized carbons (Fsp3) is 0. The molecular weight excluding hydrogens is 472 g/mol. The van der Waals surface area contributed by atoms with Gasteiger partial charge in [-0.15, -0.1) is 0 Å². The van der Waals surface area contributed by atoms with Crippen molar-refractivity contribution in [3.63, 3.8) is 0 Å². The molecule has 4 nitrogen and oxygen atoms in total. The van der Waals surface area contributed by atoms with Crippen LogP contribution >= 0.6 is 0 Å². The minimum atomic E-state index is -0.257. The summed E-state index contributed by atoms with van der Waals surface area (Å²) in [5, 5.41) is 29.2. The first-order chi connectivity index (χ1) is 18.5. The zero-order chi connectivity index (χ0) is 25.4. The maximum Gasteiger partial charge on any atom is 0.198 e. The van der Waals surface area contributed by atoms with Crippen molar-refractivity contribution in [3.8, 4) is 33.8 Å². The summed E-state index contributed by atoms with van der Waals surface area (Å²) in [6, 6.07) is 26.2. The number of rotatable bonds is 0. The van der Waals surface area contributed by atoms with Gasteiger partial charge in [0.25, 0.3) is 0 Å². The van der Waals surface area contributed by atoms with Gasteiger partial charge in [0.1, 0.15) is 11.5 Å². The lowest BCUT2D eigenvalue weighted by molar-refractivity contribution is 0.103. The van der Waals surface area contributed by atoms with E-state index < -0.39 is 0 Å². The van der Waals surface area contributed by atoms with E-state index in [2.05, 4.69) is 12.1 Å². The molecule has 0 bridgehead atoms. The predicted octanol–water partition coefficient (Wildman–Crippen LogP) is 7.57. The molecule has 4 heteroatoms. The standard InChI is InChI=1S/C34H16O4/c35-25-7-3-6-21-30-26(36)14-24-19-11-12-22-28-16(15-4-1-2-5-20(15)33(22)37)8-9-17(27(19)28)18-10-13-23(32(30)29(18)24)34(38)31(21)25/h1-14,35-36H. The average molecular weight is 488 g/mol. The van der Waals surface area contributed by atoms with Crippen LogP contribution < -0.4 is 0 Å². The molecule has 7 aromatic carbocycles. The number of carbonyl (C=O) groups excluding carboxylic acids is 2. The minimum absolute atomic E-state index is 0.0118. The SMILES string of the molecule is O=C1c2ccccc2-c2ccc3c4ccc5c6c(c(O)cc(c7ccc1c2c37)c64)-c1cccc(O)c1C5=O. The highest BCUT2D eigenvalue weighted by Gasteiger charge is 2.33. The van der Waals surface area contributed by atoms with E-state index in [0.29, 0.717) is 33.2 Å². The normalized spacial score (nSPS) is 13.6. The van der Waals surface area contributed by atoms with Crippen molar-refractivity contribution in [2.24, 2.45) is 0 Å². The summed E-state index contributed by atoms with van der Waals surface area (Å²) in [6.45, 7) is 0. The van der Waals surface area contributed by atoms with Crippen molar-refractivity contribution >= 4 is 54.7 Å². The van der Waals surface area contributed by atoms with Gasteiger partial charge in [-0.3, -0.25) is 9.59 Å². The van der Waals surface area contributed by atoms with Gasteiger partial charge in [0.05, 0.1) is 5.56 Å². The summed E-state index contributed by atoms with van der Waals surface area (Å²) in [6.07, 6.45) is 0. The second-order valence-electron chi connectivity index (χ2n) is 10.2. The van der Waals surface area contributed by atoms with Crippen LogP contribution in [0.4, 0.5) is 0 Å². The van der Waals surface area contributed by atoms with E-state index >= 15 is 0 Å². The van der Waals surface area contributed by atoms with Crippen molar-refractivity contribution in [2.45, 2.75) is 0 Å². The summed E-state index contributed by atoms with van der Waals surface area (Å²) in [7, 11) is 0. The molecule has 38 heavy (non-hydrogen) atoms. The molecule has 0 amide bonds. The Balaban J connectivity index is 1.54. The lowest BCUT2D eigenvalue weighted by Gasteiger charge is -2.26. The molecule has 2 N–H and O–H groups in total. The second-order valence-corrected chi connectivity index (χ2v) is 10.2. The lowest BCUT2D eigenvalue weighted by atomic mass is 9.76. The molecule has 2 aliphatic rings. The molecule has 0 aromatic heterocycles. The summed E-state index contributed by atoms with van der Waals surface area (Å²) in [5.74, 6) is -0.291. The van der Waals surface area contributed by atoms with E-state index in [1.54, 1.807) is 24.3 Å².